The second-order valence-corrected chi connectivity index (χ2v) is 3.26. The molecular formula is C9H9FN2O2. The van der Waals surface area contributed by atoms with Gasteiger partial charge in [0.1, 0.15) is 5.82 Å². The van der Waals surface area contributed by atoms with Crippen LogP contribution in [0.4, 0.5) is 10.1 Å². The van der Waals surface area contributed by atoms with Gasteiger partial charge in [-0.15, -0.1) is 0 Å². The van der Waals surface area contributed by atoms with Crippen LogP contribution in [0.15, 0.2) is 18.2 Å². The van der Waals surface area contributed by atoms with Crippen LogP contribution in [0.2, 0.25) is 0 Å². The molecule has 0 radical (unpaired) electrons. The Kier molecular flexibility index (Phi) is 2.17. The third-order valence-corrected chi connectivity index (χ3v) is 2.39. The lowest BCUT2D eigenvalue weighted by atomic mass is 9.96. The molecule has 0 aliphatic carbocycles. The first-order valence-electron chi connectivity index (χ1n) is 4.35. The molecule has 1 aromatic rings. The SMILES string of the molecule is O=[N+]([O-])c1ccc(F)cc1C1CCN1. The zero-order valence-corrected chi connectivity index (χ0v) is 7.37. The summed E-state index contributed by atoms with van der Waals surface area (Å²) in [7, 11) is 0. The maximum absolute atomic E-state index is 12.9. The molecule has 1 N–H and O–H groups in total. The van der Waals surface area contributed by atoms with E-state index in [0.29, 0.717) is 5.56 Å². The average molecular weight is 196 g/mol. The number of benzene rings is 1. The molecule has 1 fully saturated rings. The lowest BCUT2D eigenvalue weighted by molar-refractivity contribution is -0.386. The summed E-state index contributed by atoms with van der Waals surface area (Å²) in [4.78, 5) is 10.2. The van der Waals surface area contributed by atoms with Gasteiger partial charge in [0.15, 0.2) is 0 Å². The second-order valence-electron chi connectivity index (χ2n) is 3.26. The van der Waals surface area contributed by atoms with Crippen LogP contribution < -0.4 is 5.32 Å². The molecule has 4 nitrogen and oxygen atoms in total. The van der Waals surface area contributed by atoms with Crippen LogP contribution in [-0.4, -0.2) is 11.5 Å². The Balaban J connectivity index is 2.42. The summed E-state index contributed by atoms with van der Waals surface area (Å²) in [5.74, 6) is -0.431. The molecule has 74 valence electrons. The van der Waals surface area contributed by atoms with Crippen LogP contribution >= 0.6 is 0 Å². The first-order valence-corrected chi connectivity index (χ1v) is 4.35. The number of hydrogen-bond acceptors (Lipinski definition) is 3. The van der Waals surface area contributed by atoms with E-state index in [1.165, 1.54) is 12.1 Å². The number of nitro groups is 1. The van der Waals surface area contributed by atoms with E-state index in [1.807, 2.05) is 0 Å². The summed E-state index contributed by atoms with van der Waals surface area (Å²) in [6, 6.07) is 3.49. The maximum Gasteiger partial charge on any atom is 0.274 e. The zero-order chi connectivity index (χ0) is 10.1. The molecule has 1 aliphatic rings. The number of rotatable bonds is 2. The molecule has 0 spiro atoms. The molecule has 1 heterocycles. The monoisotopic (exact) mass is 196 g/mol. The van der Waals surface area contributed by atoms with Gasteiger partial charge in [-0.25, -0.2) is 4.39 Å². The van der Waals surface area contributed by atoms with Gasteiger partial charge in [0.25, 0.3) is 5.69 Å². The summed E-state index contributed by atoms with van der Waals surface area (Å²) < 4.78 is 12.9. The Morgan fingerprint density at radius 2 is 2.29 bits per heavy atom. The highest BCUT2D eigenvalue weighted by Crippen LogP contribution is 2.31. The third kappa shape index (κ3) is 1.46. The van der Waals surface area contributed by atoms with Crippen molar-refractivity contribution >= 4 is 5.69 Å². The minimum Gasteiger partial charge on any atom is -0.310 e. The molecule has 1 aliphatic heterocycles. The smallest absolute Gasteiger partial charge is 0.274 e. The molecule has 1 aromatic carbocycles. The van der Waals surface area contributed by atoms with Crippen molar-refractivity contribution in [2.75, 3.05) is 6.54 Å². The Morgan fingerprint density at radius 3 is 2.79 bits per heavy atom. The highest BCUT2D eigenvalue weighted by atomic mass is 19.1. The molecule has 2 rings (SSSR count). The number of nitrogens with zero attached hydrogens (tertiary/aromatic N) is 1. The van der Waals surface area contributed by atoms with Gasteiger partial charge in [-0.2, -0.15) is 0 Å². The van der Waals surface area contributed by atoms with Gasteiger partial charge in [0.05, 0.1) is 4.92 Å². The van der Waals surface area contributed by atoms with E-state index >= 15 is 0 Å². The van der Waals surface area contributed by atoms with Gasteiger partial charge >= 0.3 is 0 Å². The molecule has 14 heavy (non-hydrogen) atoms. The summed E-state index contributed by atoms with van der Waals surface area (Å²) in [6.07, 6.45) is 0.824. The Morgan fingerprint density at radius 1 is 1.57 bits per heavy atom. The van der Waals surface area contributed by atoms with Crippen LogP contribution in [-0.2, 0) is 0 Å². The fourth-order valence-electron chi connectivity index (χ4n) is 1.52. The minimum absolute atomic E-state index is 0.0106. The Hall–Kier alpha value is -1.49. The van der Waals surface area contributed by atoms with E-state index in [-0.39, 0.29) is 11.7 Å². The van der Waals surface area contributed by atoms with E-state index in [9.17, 15) is 14.5 Å². The lowest BCUT2D eigenvalue weighted by Crippen LogP contribution is -2.35. The fourth-order valence-corrected chi connectivity index (χ4v) is 1.52. The fraction of sp³-hybridized carbons (Fsp3) is 0.333. The quantitative estimate of drug-likeness (QED) is 0.579. The van der Waals surface area contributed by atoms with Crippen molar-refractivity contribution in [2.24, 2.45) is 0 Å². The predicted octanol–water partition coefficient (Wildman–Crippen LogP) is 1.77. The molecule has 0 aromatic heterocycles. The van der Waals surface area contributed by atoms with E-state index in [4.69, 9.17) is 0 Å². The van der Waals surface area contributed by atoms with Crippen LogP contribution in [0.5, 0.6) is 0 Å². The first kappa shape index (κ1) is 9.08. The highest BCUT2D eigenvalue weighted by molar-refractivity contribution is 5.43. The summed E-state index contributed by atoms with van der Waals surface area (Å²) in [5.41, 5.74) is 0.435. The van der Waals surface area contributed by atoms with Gasteiger partial charge < -0.3 is 5.32 Å². The molecule has 0 amide bonds. The van der Waals surface area contributed by atoms with Crippen molar-refractivity contribution in [3.05, 3.63) is 39.7 Å². The van der Waals surface area contributed by atoms with E-state index in [2.05, 4.69) is 5.32 Å². The number of halogens is 1. The first-order chi connectivity index (χ1) is 6.68. The van der Waals surface area contributed by atoms with Gasteiger partial charge in [-0.1, -0.05) is 0 Å². The summed E-state index contributed by atoms with van der Waals surface area (Å²) in [5, 5.41) is 13.6. The molecule has 5 heteroatoms. The van der Waals surface area contributed by atoms with Gasteiger partial charge in [-0.05, 0) is 25.1 Å². The van der Waals surface area contributed by atoms with Crippen LogP contribution in [0.25, 0.3) is 0 Å². The highest BCUT2D eigenvalue weighted by Gasteiger charge is 2.26. The third-order valence-electron chi connectivity index (χ3n) is 2.39. The van der Waals surface area contributed by atoms with Crippen LogP contribution in [0.1, 0.15) is 18.0 Å². The maximum atomic E-state index is 12.9. The van der Waals surface area contributed by atoms with Crippen molar-refractivity contribution in [2.45, 2.75) is 12.5 Å². The number of nitro benzene ring substituents is 1. The number of hydrogen-bond donors (Lipinski definition) is 1. The lowest BCUT2D eigenvalue weighted by Gasteiger charge is -2.27. The molecule has 1 unspecified atom stereocenters. The van der Waals surface area contributed by atoms with Crippen LogP contribution in [0, 0.1) is 15.9 Å². The summed E-state index contributed by atoms with van der Waals surface area (Å²) >= 11 is 0. The largest absolute Gasteiger partial charge is 0.310 e. The van der Waals surface area contributed by atoms with E-state index in [1.54, 1.807) is 0 Å². The summed E-state index contributed by atoms with van der Waals surface area (Å²) in [6.45, 7) is 0.832. The molecule has 0 saturated carbocycles. The van der Waals surface area contributed by atoms with Crippen molar-refractivity contribution in [1.82, 2.24) is 5.32 Å². The molecule has 1 saturated heterocycles. The molecule has 1 atom stereocenters. The standard InChI is InChI=1S/C9H9FN2O2/c10-6-1-2-9(12(13)14)7(5-6)8-3-4-11-8/h1-2,5,8,11H,3-4H2. The second kappa shape index (κ2) is 3.34. The van der Waals surface area contributed by atoms with E-state index in [0.717, 1.165) is 19.0 Å². The normalized spacial score (nSPS) is 20.2. The van der Waals surface area contributed by atoms with Gasteiger partial charge in [0, 0.05) is 17.7 Å². The minimum atomic E-state index is -0.477. The van der Waals surface area contributed by atoms with Crippen molar-refractivity contribution < 1.29 is 9.31 Å². The number of nitrogens with one attached hydrogen (secondary N) is 1. The molecular weight excluding hydrogens is 187 g/mol. The molecule has 0 bridgehead atoms. The van der Waals surface area contributed by atoms with Crippen molar-refractivity contribution in [1.29, 1.82) is 0 Å². The van der Waals surface area contributed by atoms with Gasteiger partial charge in [0.2, 0.25) is 0 Å². The van der Waals surface area contributed by atoms with E-state index < -0.39 is 10.7 Å². The Bertz CT molecular complexity index is 377. The zero-order valence-electron chi connectivity index (χ0n) is 7.37. The topological polar surface area (TPSA) is 55.2 Å². The Labute approximate surface area is 79.9 Å². The van der Waals surface area contributed by atoms with Crippen molar-refractivity contribution in [3.8, 4) is 0 Å². The van der Waals surface area contributed by atoms with Crippen LogP contribution in [0.3, 0.4) is 0 Å². The average Bonchev–Trinajstić information content (AvgIpc) is 2.00. The predicted molar refractivity (Wildman–Crippen MR) is 48.4 cm³/mol. The van der Waals surface area contributed by atoms with Crippen molar-refractivity contribution in [3.63, 3.8) is 0 Å². The van der Waals surface area contributed by atoms with Gasteiger partial charge in [-0.3, -0.25) is 10.1 Å².